The Morgan fingerprint density at radius 1 is 1.33 bits per heavy atom. The summed E-state index contributed by atoms with van der Waals surface area (Å²) in [6.07, 6.45) is 5.75. The Bertz CT molecular complexity index is 647. The fraction of sp³-hybridized carbons (Fsp3) is 0.556. The second-order valence-corrected chi connectivity index (χ2v) is 7.39. The van der Waals surface area contributed by atoms with Crippen LogP contribution in [0.15, 0.2) is 36.9 Å². The molecule has 0 radical (unpaired) electrons. The van der Waals surface area contributed by atoms with Crippen molar-refractivity contribution in [2.75, 3.05) is 6.61 Å². The van der Waals surface area contributed by atoms with Gasteiger partial charge in [0.25, 0.3) is 0 Å². The maximum absolute atomic E-state index is 11.6. The zero-order chi connectivity index (χ0) is 17.2. The first-order valence-corrected chi connectivity index (χ1v) is 8.81. The van der Waals surface area contributed by atoms with Gasteiger partial charge in [-0.15, -0.1) is 0 Å². The average molecular weight is 350 g/mol. The van der Waals surface area contributed by atoms with Crippen LogP contribution in [0.4, 0.5) is 0 Å². The number of nitrogens with zero attached hydrogens (tertiary/aromatic N) is 3. The quantitative estimate of drug-likeness (QED) is 0.840. The van der Waals surface area contributed by atoms with E-state index in [9.17, 15) is 10.2 Å². The summed E-state index contributed by atoms with van der Waals surface area (Å²) in [7, 11) is 0. The van der Waals surface area contributed by atoms with Gasteiger partial charge >= 0.3 is 0 Å². The first kappa shape index (κ1) is 17.4. The van der Waals surface area contributed by atoms with Gasteiger partial charge in [-0.25, -0.2) is 4.98 Å². The van der Waals surface area contributed by atoms with Crippen molar-refractivity contribution in [2.24, 2.45) is 17.8 Å². The van der Waals surface area contributed by atoms with Gasteiger partial charge in [0, 0.05) is 11.6 Å². The van der Waals surface area contributed by atoms with Gasteiger partial charge < -0.3 is 10.2 Å². The number of hydrogen-bond donors (Lipinski definition) is 2. The molecule has 2 N–H and O–H groups in total. The maximum Gasteiger partial charge on any atom is 0.137 e. The largest absolute Gasteiger partial charge is 0.396 e. The Labute approximate surface area is 147 Å². The molecular formula is C18H24ClN3O2. The third-order valence-corrected chi connectivity index (χ3v) is 5.68. The normalized spacial score (nSPS) is 28.2. The molecule has 4 unspecified atom stereocenters. The van der Waals surface area contributed by atoms with Gasteiger partial charge in [-0.3, -0.25) is 4.68 Å². The summed E-state index contributed by atoms with van der Waals surface area (Å²) in [5.74, 6) is 0.208. The maximum atomic E-state index is 11.6. The fourth-order valence-corrected chi connectivity index (χ4v) is 4.22. The van der Waals surface area contributed by atoms with Crippen molar-refractivity contribution in [3.05, 3.63) is 47.5 Å². The van der Waals surface area contributed by atoms with Crippen LogP contribution < -0.4 is 0 Å². The van der Waals surface area contributed by atoms with Crippen LogP contribution in [-0.4, -0.2) is 37.2 Å². The van der Waals surface area contributed by atoms with Gasteiger partial charge in [-0.05, 0) is 54.7 Å². The van der Waals surface area contributed by atoms with Crippen LogP contribution >= 0.6 is 11.6 Å². The number of halogens is 1. The van der Waals surface area contributed by atoms with Crippen molar-refractivity contribution in [2.45, 2.75) is 38.3 Å². The number of aliphatic hydroxyl groups excluding tert-OH is 1. The smallest absolute Gasteiger partial charge is 0.137 e. The molecule has 1 aromatic carbocycles. The van der Waals surface area contributed by atoms with Crippen molar-refractivity contribution < 1.29 is 10.2 Å². The topological polar surface area (TPSA) is 71.2 Å². The molecule has 4 atom stereocenters. The van der Waals surface area contributed by atoms with Gasteiger partial charge in [0.1, 0.15) is 12.7 Å². The third kappa shape index (κ3) is 3.48. The van der Waals surface area contributed by atoms with E-state index in [4.69, 9.17) is 11.6 Å². The van der Waals surface area contributed by atoms with E-state index in [1.54, 1.807) is 11.0 Å². The number of hydrogen-bond acceptors (Lipinski definition) is 4. The van der Waals surface area contributed by atoms with E-state index in [0.717, 1.165) is 24.3 Å². The molecule has 2 aromatic rings. The molecular weight excluding hydrogens is 326 g/mol. The van der Waals surface area contributed by atoms with Gasteiger partial charge in [-0.2, -0.15) is 5.10 Å². The van der Waals surface area contributed by atoms with E-state index < -0.39 is 5.60 Å². The van der Waals surface area contributed by atoms with E-state index in [2.05, 4.69) is 10.1 Å². The van der Waals surface area contributed by atoms with Crippen molar-refractivity contribution in [3.8, 4) is 0 Å². The van der Waals surface area contributed by atoms with E-state index in [1.807, 2.05) is 31.2 Å². The minimum Gasteiger partial charge on any atom is -0.396 e. The summed E-state index contributed by atoms with van der Waals surface area (Å²) in [5.41, 5.74) is 0.258. The van der Waals surface area contributed by atoms with Crippen LogP contribution in [0.2, 0.25) is 5.02 Å². The minimum absolute atomic E-state index is 0.0454. The summed E-state index contributed by atoms with van der Waals surface area (Å²) in [4.78, 5) is 3.98. The Balaban J connectivity index is 1.84. The lowest BCUT2D eigenvalue weighted by Crippen LogP contribution is -2.47. The predicted molar refractivity (Wildman–Crippen MR) is 92.6 cm³/mol. The van der Waals surface area contributed by atoms with Gasteiger partial charge in [0.05, 0.1) is 12.1 Å². The summed E-state index contributed by atoms with van der Waals surface area (Å²) >= 11 is 5.97. The van der Waals surface area contributed by atoms with Crippen LogP contribution in [0, 0.1) is 17.8 Å². The monoisotopic (exact) mass is 349 g/mol. The minimum atomic E-state index is -0.907. The number of rotatable bonds is 6. The lowest BCUT2D eigenvalue weighted by Gasteiger charge is -2.38. The van der Waals surface area contributed by atoms with Crippen molar-refractivity contribution >= 4 is 11.6 Å². The molecule has 1 aliphatic carbocycles. The average Bonchev–Trinajstić information content (AvgIpc) is 3.18. The van der Waals surface area contributed by atoms with Crippen LogP contribution in [0.1, 0.15) is 25.3 Å². The molecule has 130 valence electrons. The van der Waals surface area contributed by atoms with E-state index in [1.165, 1.54) is 11.9 Å². The van der Waals surface area contributed by atoms with Gasteiger partial charge in [-0.1, -0.05) is 30.7 Å². The molecule has 0 saturated heterocycles. The molecule has 1 heterocycles. The first-order chi connectivity index (χ1) is 11.5. The molecule has 1 saturated carbocycles. The molecule has 0 spiro atoms. The number of aliphatic hydroxyl groups is 2. The van der Waals surface area contributed by atoms with Crippen molar-refractivity contribution in [1.29, 1.82) is 0 Å². The number of aromatic nitrogens is 3. The van der Waals surface area contributed by atoms with Crippen LogP contribution in [0.3, 0.4) is 0 Å². The summed E-state index contributed by atoms with van der Waals surface area (Å²) < 4.78 is 1.69. The molecule has 3 rings (SSSR count). The Hall–Kier alpha value is -1.43. The highest BCUT2D eigenvalue weighted by atomic mass is 35.5. The highest BCUT2D eigenvalue weighted by Crippen LogP contribution is 2.46. The zero-order valence-electron chi connectivity index (χ0n) is 13.8. The van der Waals surface area contributed by atoms with Gasteiger partial charge in [0.2, 0.25) is 0 Å². The van der Waals surface area contributed by atoms with Crippen molar-refractivity contribution in [3.63, 3.8) is 0 Å². The zero-order valence-corrected chi connectivity index (χ0v) is 14.6. The first-order valence-electron chi connectivity index (χ1n) is 8.43. The van der Waals surface area contributed by atoms with E-state index in [-0.39, 0.29) is 24.4 Å². The second-order valence-electron chi connectivity index (χ2n) is 6.96. The molecule has 0 amide bonds. The molecule has 5 nitrogen and oxygen atoms in total. The van der Waals surface area contributed by atoms with Crippen LogP contribution in [0.25, 0.3) is 0 Å². The SMILES string of the molecule is CC(CO)C1CCC(Cc2ccc(Cl)cc2)C1(O)Cn1cncn1. The summed E-state index contributed by atoms with van der Waals surface area (Å²) in [6, 6.07) is 7.80. The van der Waals surface area contributed by atoms with Gasteiger partial charge in [0.15, 0.2) is 0 Å². The molecule has 0 bridgehead atoms. The Kier molecular flexibility index (Phi) is 5.23. The summed E-state index contributed by atoms with van der Waals surface area (Å²) in [6.45, 7) is 2.49. The molecule has 1 aromatic heterocycles. The molecule has 24 heavy (non-hydrogen) atoms. The number of benzene rings is 1. The Morgan fingerprint density at radius 3 is 2.71 bits per heavy atom. The van der Waals surface area contributed by atoms with E-state index in [0.29, 0.717) is 6.54 Å². The lowest BCUT2D eigenvalue weighted by atomic mass is 9.76. The molecule has 1 aliphatic rings. The van der Waals surface area contributed by atoms with Crippen LogP contribution in [-0.2, 0) is 13.0 Å². The predicted octanol–water partition coefficient (Wildman–Crippen LogP) is 2.56. The highest BCUT2D eigenvalue weighted by Gasteiger charge is 2.50. The van der Waals surface area contributed by atoms with E-state index >= 15 is 0 Å². The van der Waals surface area contributed by atoms with Crippen molar-refractivity contribution in [1.82, 2.24) is 14.8 Å². The molecule has 0 aliphatic heterocycles. The fourth-order valence-electron chi connectivity index (χ4n) is 4.09. The second kappa shape index (κ2) is 7.21. The van der Waals surface area contributed by atoms with Crippen LogP contribution in [0.5, 0.6) is 0 Å². The third-order valence-electron chi connectivity index (χ3n) is 5.43. The standard InChI is InChI=1S/C18H24ClN3O2/c1-13(9-23)17-7-4-15(8-14-2-5-16(19)6-3-14)18(17,24)10-22-12-20-11-21-22/h2-3,5-6,11-13,15,17,23-24H,4,7-10H2,1H3. The summed E-state index contributed by atoms with van der Waals surface area (Å²) in [5, 5.41) is 26.1. The molecule has 6 heteroatoms. The highest BCUT2D eigenvalue weighted by molar-refractivity contribution is 6.30. The molecule has 1 fully saturated rings. The Morgan fingerprint density at radius 2 is 2.08 bits per heavy atom. The lowest BCUT2D eigenvalue weighted by molar-refractivity contribution is -0.0748.